The third kappa shape index (κ3) is 2.78. The summed E-state index contributed by atoms with van der Waals surface area (Å²) in [7, 11) is 0. The summed E-state index contributed by atoms with van der Waals surface area (Å²) in [4.78, 5) is 0. The molecule has 2 N–H and O–H groups in total. The van der Waals surface area contributed by atoms with E-state index >= 15 is 0 Å². The fourth-order valence-electron chi connectivity index (χ4n) is 2.18. The zero-order chi connectivity index (χ0) is 14.0. The van der Waals surface area contributed by atoms with Crippen LogP contribution in [-0.4, -0.2) is 20.2 Å². The molecule has 0 fully saturated rings. The molecule has 0 bridgehead atoms. The van der Waals surface area contributed by atoms with Gasteiger partial charge in [0, 0.05) is 15.7 Å². The number of nitrogens with zero attached hydrogens (tertiary/aromatic N) is 4. The first kappa shape index (κ1) is 14.0. The quantitative estimate of drug-likeness (QED) is 0.877. The number of tetrazole rings is 1. The highest BCUT2D eigenvalue weighted by Gasteiger charge is 2.25. The van der Waals surface area contributed by atoms with Gasteiger partial charge in [0.05, 0.1) is 5.54 Å². The Bertz CT molecular complexity index is 576. The largest absolute Gasteiger partial charge is 0.398 e. The van der Waals surface area contributed by atoms with Crippen molar-refractivity contribution in [1.82, 2.24) is 20.2 Å². The van der Waals surface area contributed by atoms with Crippen LogP contribution in [0.15, 0.2) is 22.7 Å². The summed E-state index contributed by atoms with van der Waals surface area (Å²) in [6, 6.07) is 5.76. The van der Waals surface area contributed by atoms with Crippen molar-refractivity contribution in [3.63, 3.8) is 0 Å². The Balaban J connectivity index is 2.47. The Morgan fingerprint density at radius 2 is 2.11 bits per heavy atom. The first-order valence-corrected chi connectivity index (χ1v) is 7.09. The second-order valence-electron chi connectivity index (χ2n) is 5.21. The summed E-state index contributed by atoms with van der Waals surface area (Å²) in [5, 5.41) is 12.1. The molecule has 0 aliphatic rings. The van der Waals surface area contributed by atoms with E-state index in [1.54, 1.807) is 0 Å². The van der Waals surface area contributed by atoms with E-state index < -0.39 is 0 Å². The second kappa shape index (κ2) is 5.28. The van der Waals surface area contributed by atoms with Crippen LogP contribution in [0.1, 0.15) is 33.6 Å². The lowest BCUT2D eigenvalue weighted by Crippen LogP contribution is -2.28. The van der Waals surface area contributed by atoms with Gasteiger partial charge in [-0.2, -0.15) is 0 Å². The van der Waals surface area contributed by atoms with Crippen molar-refractivity contribution in [3.05, 3.63) is 22.7 Å². The van der Waals surface area contributed by atoms with Gasteiger partial charge in [-0.05, 0) is 64.8 Å². The van der Waals surface area contributed by atoms with Gasteiger partial charge in [-0.3, -0.25) is 0 Å². The molecule has 0 spiro atoms. The van der Waals surface area contributed by atoms with Crippen LogP contribution in [0.2, 0.25) is 0 Å². The molecule has 1 aromatic carbocycles. The van der Waals surface area contributed by atoms with Gasteiger partial charge in [-0.25, -0.2) is 4.68 Å². The van der Waals surface area contributed by atoms with E-state index in [0.717, 1.165) is 28.7 Å². The molecule has 5 nitrogen and oxygen atoms in total. The molecule has 0 aliphatic carbocycles. The van der Waals surface area contributed by atoms with E-state index in [1.165, 1.54) is 0 Å². The number of hydrogen-bond donors (Lipinski definition) is 1. The van der Waals surface area contributed by atoms with Gasteiger partial charge in [0.15, 0.2) is 5.82 Å². The van der Waals surface area contributed by atoms with Gasteiger partial charge >= 0.3 is 0 Å². The minimum Gasteiger partial charge on any atom is -0.398 e. The number of aromatic nitrogens is 4. The number of anilines is 1. The van der Waals surface area contributed by atoms with E-state index in [9.17, 15) is 0 Å². The molecule has 0 saturated carbocycles. The molecule has 0 amide bonds. The molecular formula is C13H18BrN5. The fraction of sp³-hybridized carbons (Fsp3) is 0.462. The normalized spacial score (nSPS) is 11.8. The van der Waals surface area contributed by atoms with Gasteiger partial charge in [0.1, 0.15) is 0 Å². The van der Waals surface area contributed by atoms with Crippen molar-refractivity contribution >= 4 is 21.6 Å². The van der Waals surface area contributed by atoms with Crippen LogP contribution in [-0.2, 0) is 5.54 Å². The third-order valence-electron chi connectivity index (χ3n) is 3.16. The van der Waals surface area contributed by atoms with Crippen molar-refractivity contribution in [2.45, 2.75) is 39.2 Å². The van der Waals surface area contributed by atoms with Crippen LogP contribution < -0.4 is 5.73 Å². The first-order valence-electron chi connectivity index (χ1n) is 6.30. The van der Waals surface area contributed by atoms with Crippen LogP contribution in [0.25, 0.3) is 11.4 Å². The Morgan fingerprint density at radius 3 is 2.74 bits per heavy atom. The Labute approximate surface area is 121 Å². The van der Waals surface area contributed by atoms with E-state index in [1.807, 2.05) is 22.9 Å². The standard InChI is InChI=1S/C13H18BrN5/c1-4-7-13(2,3)19-12(16-17-18-19)9-5-6-10(14)11(15)8-9/h5-6,8H,4,7,15H2,1-3H3. The minimum atomic E-state index is -0.116. The van der Waals surface area contributed by atoms with E-state index in [0.29, 0.717) is 5.69 Å². The fourth-order valence-corrected chi connectivity index (χ4v) is 2.42. The summed E-state index contributed by atoms with van der Waals surface area (Å²) >= 11 is 3.39. The lowest BCUT2D eigenvalue weighted by atomic mass is 9.98. The average molecular weight is 324 g/mol. The van der Waals surface area contributed by atoms with E-state index in [2.05, 4.69) is 52.2 Å². The molecule has 19 heavy (non-hydrogen) atoms. The molecule has 102 valence electrons. The van der Waals surface area contributed by atoms with Crippen LogP contribution in [0.3, 0.4) is 0 Å². The lowest BCUT2D eigenvalue weighted by molar-refractivity contribution is 0.290. The summed E-state index contributed by atoms with van der Waals surface area (Å²) in [5.41, 5.74) is 7.41. The zero-order valence-corrected chi connectivity index (χ0v) is 13.0. The predicted molar refractivity (Wildman–Crippen MR) is 79.6 cm³/mol. The highest BCUT2D eigenvalue weighted by atomic mass is 79.9. The molecule has 2 rings (SSSR count). The maximum absolute atomic E-state index is 5.92. The summed E-state index contributed by atoms with van der Waals surface area (Å²) in [6.45, 7) is 6.43. The molecule has 0 radical (unpaired) electrons. The maximum Gasteiger partial charge on any atom is 0.182 e. The van der Waals surface area contributed by atoms with E-state index in [4.69, 9.17) is 5.73 Å². The number of benzene rings is 1. The van der Waals surface area contributed by atoms with Gasteiger partial charge < -0.3 is 5.73 Å². The summed E-state index contributed by atoms with van der Waals surface area (Å²) in [6.07, 6.45) is 2.09. The number of rotatable bonds is 4. The van der Waals surface area contributed by atoms with Crippen molar-refractivity contribution in [1.29, 1.82) is 0 Å². The van der Waals surface area contributed by atoms with Crippen LogP contribution in [0, 0.1) is 0 Å². The van der Waals surface area contributed by atoms with Crippen LogP contribution >= 0.6 is 15.9 Å². The minimum absolute atomic E-state index is 0.116. The smallest absolute Gasteiger partial charge is 0.182 e. The van der Waals surface area contributed by atoms with Gasteiger partial charge in [-0.1, -0.05) is 13.3 Å². The molecule has 0 unspecified atom stereocenters. The topological polar surface area (TPSA) is 69.6 Å². The molecular weight excluding hydrogens is 306 g/mol. The SMILES string of the molecule is CCCC(C)(C)n1nnnc1-c1ccc(Br)c(N)c1. The number of nitrogens with two attached hydrogens (primary N) is 1. The summed E-state index contributed by atoms with van der Waals surface area (Å²) < 4.78 is 2.75. The van der Waals surface area contributed by atoms with E-state index in [-0.39, 0.29) is 5.54 Å². The number of nitrogen functional groups attached to an aromatic ring is 1. The number of hydrogen-bond acceptors (Lipinski definition) is 4. The van der Waals surface area contributed by atoms with Crippen LogP contribution in [0.4, 0.5) is 5.69 Å². The third-order valence-corrected chi connectivity index (χ3v) is 3.88. The van der Waals surface area contributed by atoms with Crippen molar-refractivity contribution in [2.75, 3.05) is 5.73 Å². The zero-order valence-electron chi connectivity index (χ0n) is 11.4. The molecule has 0 saturated heterocycles. The average Bonchev–Trinajstić information content (AvgIpc) is 2.82. The molecule has 1 heterocycles. The predicted octanol–water partition coefficient (Wildman–Crippen LogP) is 3.22. The van der Waals surface area contributed by atoms with Gasteiger partial charge in [0.25, 0.3) is 0 Å². The molecule has 1 aromatic heterocycles. The first-order chi connectivity index (χ1) is 8.95. The van der Waals surface area contributed by atoms with Crippen LogP contribution in [0.5, 0.6) is 0 Å². The number of halogens is 1. The highest BCUT2D eigenvalue weighted by Crippen LogP contribution is 2.29. The Hall–Kier alpha value is -1.43. The Morgan fingerprint density at radius 1 is 1.37 bits per heavy atom. The van der Waals surface area contributed by atoms with Gasteiger partial charge in [0.2, 0.25) is 0 Å². The van der Waals surface area contributed by atoms with Crippen molar-refractivity contribution in [3.8, 4) is 11.4 Å². The Kier molecular flexibility index (Phi) is 3.89. The molecule has 6 heteroatoms. The molecule has 0 aliphatic heterocycles. The molecule has 0 atom stereocenters. The maximum atomic E-state index is 5.92. The lowest BCUT2D eigenvalue weighted by Gasteiger charge is -2.25. The van der Waals surface area contributed by atoms with Gasteiger partial charge in [-0.15, -0.1) is 5.10 Å². The monoisotopic (exact) mass is 323 g/mol. The highest BCUT2D eigenvalue weighted by molar-refractivity contribution is 9.10. The summed E-state index contributed by atoms with van der Waals surface area (Å²) in [5.74, 6) is 0.748. The second-order valence-corrected chi connectivity index (χ2v) is 6.07. The molecule has 2 aromatic rings. The van der Waals surface area contributed by atoms with Crippen molar-refractivity contribution in [2.24, 2.45) is 0 Å². The van der Waals surface area contributed by atoms with Crippen molar-refractivity contribution < 1.29 is 0 Å².